The lowest BCUT2D eigenvalue weighted by atomic mass is 10.1. The van der Waals surface area contributed by atoms with Crippen LogP contribution in [0.2, 0.25) is 0 Å². The lowest BCUT2D eigenvalue weighted by Gasteiger charge is -2.23. The molecular weight excluding hydrogens is 476 g/mol. The number of amides is 2. The van der Waals surface area contributed by atoms with E-state index in [1.54, 1.807) is 41.0 Å². The normalized spacial score (nSPS) is 10.7. The van der Waals surface area contributed by atoms with Crippen LogP contribution in [0.25, 0.3) is 16.8 Å². The summed E-state index contributed by atoms with van der Waals surface area (Å²) in [5.41, 5.74) is 4.99. The Hall–Kier alpha value is -4.39. The number of benzene rings is 3. The highest BCUT2D eigenvalue weighted by molar-refractivity contribution is 6.01. The van der Waals surface area contributed by atoms with E-state index in [9.17, 15) is 9.59 Å². The molecule has 0 fully saturated rings. The minimum absolute atomic E-state index is 0.0811. The molecule has 0 aliphatic carbocycles. The van der Waals surface area contributed by atoms with E-state index in [4.69, 9.17) is 9.84 Å². The molecule has 0 aliphatic rings. The lowest BCUT2D eigenvalue weighted by Crippen LogP contribution is -2.39. The predicted octanol–water partition coefficient (Wildman–Crippen LogP) is 6.05. The standard InChI is InChI=1S/C31H34N4O3/c1-5-6-19-34(31(37)25-16-12-17-26(20-25)38-4)21-28(36)32-30-29(24-14-8-7-9-15-24)23(3)33-35(30)27-18-11-10-13-22(27)2/h7-18,20H,5-6,19,21H2,1-4H3,(H,32,36). The molecule has 1 aromatic heterocycles. The Morgan fingerprint density at radius 3 is 2.42 bits per heavy atom. The van der Waals surface area contributed by atoms with Crippen molar-refractivity contribution < 1.29 is 14.3 Å². The van der Waals surface area contributed by atoms with Crippen LogP contribution in [0.15, 0.2) is 78.9 Å². The molecular formula is C31H34N4O3. The average Bonchev–Trinajstić information content (AvgIpc) is 3.26. The number of methoxy groups -OCH3 is 1. The van der Waals surface area contributed by atoms with Gasteiger partial charge in [0.05, 0.1) is 18.5 Å². The van der Waals surface area contributed by atoms with Gasteiger partial charge in [0.25, 0.3) is 5.91 Å². The van der Waals surface area contributed by atoms with Gasteiger partial charge in [-0.2, -0.15) is 5.10 Å². The summed E-state index contributed by atoms with van der Waals surface area (Å²) in [5, 5.41) is 7.91. The highest BCUT2D eigenvalue weighted by Gasteiger charge is 2.24. The summed E-state index contributed by atoms with van der Waals surface area (Å²) in [5.74, 6) is 0.682. The Morgan fingerprint density at radius 1 is 0.974 bits per heavy atom. The maximum atomic E-state index is 13.5. The molecule has 7 heteroatoms. The van der Waals surface area contributed by atoms with Gasteiger partial charge in [-0.1, -0.05) is 67.9 Å². The number of ether oxygens (including phenoxy) is 1. The first kappa shape index (κ1) is 26.7. The smallest absolute Gasteiger partial charge is 0.254 e. The Labute approximate surface area is 224 Å². The third kappa shape index (κ3) is 5.94. The minimum atomic E-state index is -0.288. The van der Waals surface area contributed by atoms with Crippen molar-refractivity contribution in [3.8, 4) is 22.6 Å². The number of anilines is 1. The molecule has 7 nitrogen and oxygen atoms in total. The summed E-state index contributed by atoms with van der Waals surface area (Å²) in [7, 11) is 1.57. The third-order valence-electron chi connectivity index (χ3n) is 6.44. The molecule has 0 aliphatic heterocycles. The molecule has 4 rings (SSSR count). The predicted molar refractivity (Wildman–Crippen MR) is 151 cm³/mol. The number of unbranched alkanes of at least 4 members (excludes halogenated alkanes) is 1. The van der Waals surface area contributed by atoms with E-state index < -0.39 is 0 Å². The van der Waals surface area contributed by atoms with E-state index in [0.717, 1.165) is 40.9 Å². The molecule has 0 unspecified atom stereocenters. The molecule has 0 bridgehead atoms. The fourth-order valence-electron chi connectivity index (χ4n) is 4.45. The van der Waals surface area contributed by atoms with Crippen LogP contribution in [-0.2, 0) is 4.79 Å². The third-order valence-corrected chi connectivity index (χ3v) is 6.44. The number of para-hydroxylation sites is 1. The van der Waals surface area contributed by atoms with Gasteiger partial charge < -0.3 is 15.0 Å². The highest BCUT2D eigenvalue weighted by atomic mass is 16.5. The molecule has 1 heterocycles. The van der Waals surface area contributed by atoms with Gasteiger partial charge in [-0.3, -0.25) is 9.59 Å². The number of rotatable bonds is 10. The van der Waals surface area contributed by atoms with Gasteiger partial charge in [-0.15, -0.1) is 0 Å². The van der Waals surface area contributed by atoms with E-state index in [1.807, 2.05) is 68.4 Å². The van der Waals surface area contributed by atoms with Crippen molar-refractivity contribution in [3.63, 3.8) is 0 Å². The molecule has 0 radical (unpaired) electrons. The van der Waals surface area contributed by atoms with Crippen LogP contribution in [0, 0.1) is 13.8 Å². The topological polar surface area (TPSA) is 76.5 Å². The monoisotopic (exact) mass is 510 g/mol. The molecule has 2 amide bonds. The zero-order valence-corrected chi connectivity index (χ0v) is 22.4. The summed E-state index contributed by atoms with van der Waals surface area (Å²) in [6.07, 6.45) is 1.69. The van der Waals surface area contributed by atoms with Crippen LogP contribution < -0.4 is 10.1 Å². The van der Waals surface area contributed by atoms with Crippen molar-refractivity contribution in [2.24, 2.45) is 0 Å². The molecule has 3 aromatic carbocycles. The molecule has 0 atom stereocenters. The summed E-state index contributed by atoms with van der Waals surface area (Å²) in [6.45, 7) is 6.40. The molecule has 196 valence electrons. The van der Waals surface area contributed by atoms with E-state index in [0.29, 0.717) is 23.7 Å². The van der Waals surface area contributed by atoms with Crippen molar-refractivity contribution in [2.45, 2.75) is 33.6 Å². The van der Waals surface area contributed by atoms with Crippen molar-refractivity contribution in [2.75, 3.05) is 25.5 Å². The van der Waals surface area contributed by atoms with Gasteiger partial charge in [0.2, 0.25) is 5.91 Å². The van der Waals surface area contributed by atoms with Crippen LogP contribution in [-0.4, -0.2) is 46.7 Å². The van der Waals surface area contributed by atoms with Gasteiger partial charge in [-0.25, -0.2) is 4.68 Å². The van der Waals surface area contributed by atoms with Crippen molar-refractivity contribution in [1.82, 2.24) is 14.7 Å². The number of hydrogen-bond acceptors (Lipinski definition) is 4. The zero-order chi connectivity index (χ0) is 27.1. The molecule has 4 aromatic rings. The fourth-order valence-corrected chi connectivity index (χ4v) is 4.45. The number of aromatic nitrogens is 2. The minimum Gasteiger partial charge on any atom is -0.497 e. The van der Waals surface area contributed by atoms with Gasteiger partial charge in [0.15, 0.2) is 0 Å². The Bertz CT molecular complexity index is 1410. The van der Waals surface area contributed by atoms with Crippen LogP contribution >= 0.6 is 0 Å². The number of nitrogens with one attached hydrogen (secondary N) is 1. The first-order chi connectivity index (χ1) is 18.4. The maximum Gasteiger partial charge on any atom is 0.254 e. The Morgan fingerprint density at radius 2 is 1.71 bits per heavy atom. The van der Waals surface area contributed by atoms with Crippen LogP contribution in [0.1, 0.15) is 41.4 Å². The highest BCUT2D eigenvalue weighted by Crippen LogP contribution is 2.34. The molecule has 0 saturated carbocycles. The maximum absolute atomic E-state index is 13.5. The zero-order valence-electron chi connectivity index (χ0n) is 22.4. The van der Waals surface area contributed by atoms with Gasteiger partial charge in [0, 0.05) is 17.7 Å². The largest absolute Gasteiger partial charge is 0.497 e. The van der Waals surface area contributed by atoms with E-state index in [-0.39, 0.29) is 18.4 Å². The SMILES string of the molecule is CCCCN(CC(=O)Nc1c(-c2ccccc2)c(C)nn1-c1ccccc1C)C(=O)c1cccc(OC)c1. The number of hydrogen-bond donors (Lipinski definition) is 1. The molecule has 0 saturated heterocycles. The summed E-state index contributed by atoms with van der Waals surface area (Å²) in [4.78, 5) is 28.5. The first-order valence-electron chi connectivity index (χ1n) is 12.9. The fraction of sp³-hybridized carbons (Fsp3) is 0.258. The number of carbonyl (C=O) groups is 2. The van der Waals surface area contributed by atoms with Crippen molar-refractivity contribution in [1.29, 1.82) is 0 Å². The van der Waals surface area contributed by atoms with Crippen LogP contribution in [0.3, 0.4) is 0 Å². The second-order valence-electron chi connectivity index (χ2n) is 9.23. The second-order valence-corrected chi connectivity index (χ2v) is 9.23. The molecule has 0 spiro atoms. The van der Waals surface area contributed by atoms with E-state index >= 15 is 0 Å². The Balaban J connectivity index is 1.68. The van der Waals surface area contributed by atoms with Gasteiger partial charge in [0.1, 0.15) is 18.1 Å². The van der Waals surface area contributed by atoms with Crippen LogP contribution in [0.5, 0.6) is 5.75 Å². The van der Waals surface area contributed by atoms with Crippen molar-refractivity contribution >= 4 is 17.6 Å². The quantitative estimate of drug-likeness (QED) is 0.282. The lowest BCUT2D eigenvalue weighted by molar-refractivity contribution is -0.116. The molecule has 38 heavy (non-hydrogen) atoms. The van der Waals surface area contributed by atoms with Gasteiger partial charge >= 0.3 is 0 Å². The number of carbonyl (C=O) groups excluding carboxylic acids is 2. The first-order valence-corrected chi connectivity index (χ1v) is 12.9. The Kier molecular flexibility index (Phi) is 8.58. The van der Waals surface area contributed by atoms with Crippen molar-refractivity contribution in [3.05, 3.63) is 95.7 Å². The van der Waals surface area contributed by atoms with E-state index in [2.05, 4.69) is 12.2 Å². The summed E-state index contributed by atoms with van der Waals surface area (Å²) < 4.78 is 7.07. The van der Waals surface area contributed by atoms with Crippen LogP contribution in [0.4, 0.5) is 5.82 Å². The second kappa shape index (κ2) is 12.2. The summed E-state index contributed by atoms with van der Waals surface area (Å²) in [6, 6.07) is 24.8. The average molecular weight is 511 g/mol. The number of nitrogens with zero attached hydrogens (tertiary/aromatic N) is 3. The van der Waals surface area contributed by atoms with Gasteiger partial charge in [-0.05, 0) is 55.7 Å². The summed E-state index contributed by atoms with van der Waals surface area (Å²) >= 11 is 0. The molecule has 1 N–H and O–H groups in total. The number of aryl methyl sites for hydroxylation is 2. The van der Waals surface area contributed by atoms with E-state index in [1.165, 1.54) is 0 Å².